The number of hydrogen-bond donors (Lipinski definition) is 2. The summed E-state index contributed by atoms with van der Waals surface area (Å²) in [7, 11) is 1.66. The number of nitrogens with one attached hydrogen (secondary N) is 1. The van der Waals surface area contributed by atoms with Crippen LogP contribution >= 0.6 is 0 Å². The van der Waals surface area contributed by atoms with E-state index in [1.807, 2.05) is 13.8 Å². The molecule has 0 aliphatic heterocycles. The van der Waals surface area contributed by atoms with Crippen molar-refractivity contribution in [2.45, 2.75) is 40.2 Å². The second-order valence-corrected chi connectivity index (χ2v) is 5.56. The summed E-state index contributed by atoms with van der Waals surface area (Å²) >= 11 is 0. The Hall–Kier alpha value is -2.57. The predicted octanol–water partition coefficient (Wildman–Crippen LogP) is 2.87. The van der Waals surface area contributed by atoms with Crippen LogP contribution < -0.4 is 20.5 Å². The smallest absolute Gasteiger partial charge is 0.222 e. The second kappa shape index (κ2) is 8.33. The van der Waals surface area contributed by atoms with Gasteiger partial charge in [0.05, 0.1) is 19.0 Å². The third kappa shape index (κ3) is 4.24. The van der Waals surface area contributed by atoms with E-state index >= 15 is 0 Å². The van der Waals surface area contributed by atoms with Crippen molar-refractivity contribution >= 4 is 11.8 Å². The lowest BCUT2D eigenvalue weighted by atomic mass is 10.1. The Labute approximate surface area is 142 Å². The molecule has 0 saturated carbocycles. The molecule has 0 aromatic carbocycles. The summed E-state index contributed by atoms with van der Waals surface area (Å²) in [6.45, 7) is 7.17. The minimum absolute atomic E-state index is 0.215. The van der Waals surface area contributed by atoms with E-state index in [0.29, 0.717) is 18.2 Å². The van der Waals surface area contributed by atoms with Crippen LogP contribution in [-0.2, 0) is 6.61 Å². The molecule has 0 unspecified atom stereocenters. The molecule has 2 aromatic rings. The first kappa shape index (κ1) is 17.8. The van der Waals surface area contributed by atoms with Gasteiger partial charge in [0.25, 0.3) is 0 Å². The van der Waals surface area contributed by atoms with Crippen molar-refractivity contribution in [2.24, 2.45) is 0 Å². The minimum atomic E-state index is 0.215. The first-order valence-corrected chi connectivity index (χ1v) is 8.05. The van der Waals surface area contributed by atoms with E-state index in [-0.39, 0.29) is 5.95 Å². The molecule has 0 radical (unpaired) electrons. The molecule has 0 saturated heterocycles. The van der Waals surface area contributed by atoms with Crippen LogP contribution in [0.3, 0.4) is 0 Å². The van der Waals surface area contributed by atoms with Crippen molar-refractivity contribution in [3.05, 3.63) is 29.2 Å². The van der Waals surface area contributed by atoms with Gasteiger partial charge in [0.15, 0.2) is 11.6 Å². The van der Waals surface area contributed by atoms with Crippen LogP contribution in [0, 0.1) is 13.8 Å². The standard InChI is InChI=1S/C17H25N5O2/c1-5-6-7-19-16-14(9-21-17(18)22-16)24-10-13-12(3)15(23-4)11(2)8-20-13/h8-9H,5-7,10H2,1-4H3,(H3,18,19,21,22). The molecule has 2 aromatic heterocycles. The van der Waals surface area contributed by atoms with Crippen LogP contribution in [-0.4, -0.2) is 28.6 Å². The zero-order valence-corrected chi connectivity index (χ0v) is 14.7. The molecule has 0 amide bonds. The van der Waals surface area contributed by atoms with E-state index in [4.69, 9.17) is 15.2 Å². The van der Waals surface area contributed by atoms with Crippen LogP contribution in [0.1, 0.15) is 36.6 Å². The fourth-order valence-corrected chi connectivity index (χ4v) is 2.36. The van der Waals surface area contributed by atoms with Gasteiger partial charge in [0.1, 0.15) is 12.4 Å². The van der Waals surface area contributed by atoms with Crippen LogP contribution in [0.4, 0.5) is 11.8 Å². The molecule has 0 aliphatic carbocycles. The van der Waals surface area contributed by atoms with Gasteiger partial charge in [-0.25, -0.2) is 4.98 Å². The van der Waals surface area contributed by atoms with Crippen LogP contribution in [0.5, 0.6) is 11.5 Å². The van der Waals surface area contributed by atoms with Crippen LogP contribution in [0.15, 0.2) is 12.4 Å². The molecule has 7 heteroatoms. The van der Waals surface area contributed by atoms with Crippen molar-refractivity contribution in [1.29, 1.82) is 0 Å². The topological polar surface area (TPSA) is 95.2 Å². The maximum atomic E-state index is 5.87. The van der Waals surface area contributed by atoms with Gasteiger partial charge in [0, 0.05) is 23.9 Å². The summed E-state index contributed by atoms with van der Waals surface area (Å²) in [5.74, 6) is 2.21. The summed E-state index contributed by atoms with van der Waals surface area (Å²) in [5, 5.41) is 3.24. The molecule has 7 nitrogen and oxygen atoms in total. The number of ether oxygens (including phenoxy) is 2. The summed E-state index contributed by atoms with van der Waals surface area (Å²) in [6, 6.07) is 0. The number of aromatic nitrogens is 3. The largest absolute Gasteiger partial charge is 0.496 e. The molecule has 0 atom stereocenters. The molecule has 0 aliphatic rings. The number of aryl methyl sites for hydroxylation is 1. The monoisotopic (exact) mass is 331 g/mol. The molecule has 2 heterocycles. The van der Waals surface area contributed by atoms with Crippen molar-refractivity contribution in [3.8, 4) is 11.5 Å². The molecule has 0 fully saturated rings. The van der Waals surface area contributed by atoms with Crippen LogP contribution in [0.25, 0.3) is 0 Å². The molecule has 2 rings (SSSR count). The van der Waals surface area contributed by atoms with Gasteiger partial charge in [-0.1, -0.05) is 13.3 Å². The molecular weight excluding hydrogens is 306 g/mol. The maximum Gasteiger partial charge on any atom is 0.222 e. The first-order valence-electron chi connectivity index (χ1n) is 8.05. The van der Waals surface area contributed by atoms with Gasteiger partial charge < -0.3 is 20.5 Å². The summed E-state index contributed by atoms with van der Waals surface area (Å²) < 4.78 is 11.3. The van der Waals surface area contributed by atoms with Crippen molar-refractivity contribution in [1.82, 2.24) is 15.0 Å². The molecule has 24 heavy (non-hydrogen) atoms. The highest BCUT2D eigenvalue weighted by Crippen LogP contribution is 2.26. The molecule has 0 spiro atoms. The fourth-order valence-electron chi connectivity index (χ4n) is 2.36. The second-order valence-electron chi connectivity index (χ2n) is 5.56. The first-order chi connectivity index (χ1) is 11.6. The Morgan fingerprint density at radius 1 is 1.21 bits per heavy atom. The van der Waals surface area contributed by atoms with Gasteiger partial charge in [-0.05, 0) is 20.3 Å². The molecular formula is C17H25N5O2. The van der Waals surface area contributed by atoms with E-state index < -0.39 is 0 Å². The van der Waals surface area contributed by atoms with E-state index in [0.717, 1.165) is 42.0 Å². The lowest BCUT2D eigenvalue weighted by Crippen LogP contribution is -2.10. The normalized spacial score (nSPS) is 10.5. The van der Waals surface area contributed by atoms with E-state index in [9.17, 15) is 0 Å². The van der Waals surface area contributed by atoms with Crippen LogP contribution in [0.2, 0.25) is 0 Å². The lowest BCUT2D eigenvalue weighted by Gasteiger charge is -2.15. The number of nitrogens with two attached hydrogens (primary N) is 1. The highest BCUT2D eigenvalue weighted by Gasteiger charge is 2.12. The average molecular weight is 331 g/mol. The third-order valence-electron chi connectivity index (χ3n) is 3.71. The Morgan fingerprint density at radius 3 is 2.71 bits per heavy atom. The van der Waals surface area contributed by atoms with Crippen molar-refractivity contribution < 1.29 is 9.47 Å². The minimum Gasteiger partial charge on any atom is -0.496 e. The number of hydrogen-bond acceptors (Lipinski definition) is 7. The van der Waals surface area contributed by atoms with Gasteiger partial charge in [-0.2, -0.15) is 4.98 Å². The fraction of sp³-hybridized carbons (Fsp3) is 0.471. The van der Waals surface area contributed by atoms with E-state index in [2.05, 4.69) is 27.2 Å². The Balaban J connectivity index is 2.14. The lowest BCUT2D eigenvalue weighted by molar-refractivity contribution is 0.298. The van der Waals surface area contributed by atoms with Gasteiger partial charge in [0.2, 0.25) is 5.95 Å². The Bertz CT molecular complexity index is 691. The maximum absolute atomic E-state index is 5.87. The highest BCUT2D eigenvalue weighted by molar-refractivity contribution is 5.51. The number of anilines is 2. The quantitative estimate of drug-likeness (QED) is 0.718. The average Bonchev–Trinajstić information content (AvgIpc) is 2.56. The molecule has 3 N–H and O–H groups in total. The summed E-state index contributed by atoms with van der Waals surface area (Å²) in [5.41, 5.74) is 8.45. The number of methoxy groups -OCH3 is 1. The molecule has 130 valence electrons. The number of unbranched alkanes of at least 4 members (excludes halogenated alkanes) is 1. The Kier molecular flexibility index (Phi) is 6.17. The van der Waals surface area contributed by atoms with Crippen molar-refractivity contribution in [3.63, 3.8) is 0 Å². The van der Waals surface area contributed by atoms with Gasteiger partial charge >= 0.3 is 0 Å². The highest BCUT2D eigenvalue weighted by atomic mass is 16.5. The zero-order chi connectivity index (χ0) is 17.5. The summed E-state index contributed by atoms with van der Waals surface area (Å²) in [4.78, 5) is 12.7. The molecule has 0 bridgehead atoms. The SMILES string of the molecule is CCCCNc1nc(N)ncc1OCc1ncc(C)c(OC)c1C. The number of nitrogen functional groups attached to an aromatic ring is 1. The Morgan fingerprint density at radius 2 is 2.00 bits per heavy atom. The zero-order valence-electron chi connectivity index (χ0n) is 14.7. The summed E-state index contributed by atoms with van der Waals surface area (Å²) in [6.07, 6.45) is 5.50. The van der Waals surface area contributed by atoms with E-state index in [1.54, 1.807) is 19.5 Å². The number of nitrogens with zero attached hydrogens (tertiary/aromatic N) is 3. The number of pyridine rings is 1. The number of rotatable bonds is 8. The van der Waals surface area contributed by atoms with Gasteiger partial charge in [-0.15, -0.1) is 0 Å². The predicted molar refractivity (Wildman–Crippen MR) is 94.4 cm³/mol. The van der Waals surface area contributed by atoms with Crippen molar-refractivity contribution in [2.75, 3.05) is 24.7 Å². The van der Waals surface area contributed by atoms with E-state index in [1.165, 1.54) is 0 Å². The van der Waals surface area contributed by atoms with Gasteiger partial charge in [-0.3, -0.25) is 4.98 Å². The third-order valence-corrected chi connectivity index (χ3v) is 3.71.